The third-order valence-corrected chi connectivity index (χ3v) is 9.33. The molecule has 0 radical (unpaired) electrons. The second-order valence-electron chi connectivity index (χ2n) is 14.3. The Kier molecular flexibility index (Phi) is 10.1. The van der Waals surface area contributed by atoms with Crippen molar-refractivity contribution in [2.45, 2.75) is 69.9 Å². The number of nitrogens with one attached hydrogen (secondary N) is 2. The van der Waals surface area contributed by atoms with Gasteiger partial charge in [0.05, 0.1) is 30.1 Å². The van der Waals surface area contributed by atoms with E-state index < -0.39 is 35.7 Å². The van der Waals surface area contributed by atoms with Crippen LogP contribution in [0.1, 0.15) is 60.3 Å². The van der Waals surface area contributed by atoms with Gasteiger partial charge >= 0.3 is 0 Å². The van der Waals surface area contributed by atoms with Crippen molar-refractivity contribution in [1.82, 2.24) is 25.4 Å². The number of fused-ring (bicyclic) bond motifs is 2. The molecule has 1 saturated heterocycles. The molecule has 11 nitrogen and oxygen atoms in total. The van der Waals surface area contributed by atoms with Crippen LogP contribution in [0, 0.1) is 5.92 Å². The smallest absolute Gasteiger partial charge is 0.255 e. The fraction of sp³-hybridized carbons (Fsp3) is 0.421. The topological polar surface area (TPSA) is 148 Å². The highest BCUT2D eigenvalue weighted by Gasteiger charge is 2.38. The number of hydrogen-bond acceptors (Lipinski definition) is 8. The average molecular weight is 668 g/mol. The van der Waals surface area contributed by atoms with Crippen molar-refractivity contribution in [2.24, 2.45) is 5.92 Å². The molecule has 1 aliphatic carbocycles. The second kappa shape index (κ2) is 14.5. The van der Waals surface area contributed by atoms with Crippen LogP contribution in [0.5, 0.6) is 0 Å². The summed E-state index contributed by atoms with van der Waals surface area (Å²) in [4.78, 5) is 48.9. The minimum atomic E-state index is -0.944. The minimum Gasteiger partial charge on any atom is -0.446 e. The number of aromatic nitrogens is 1. The number of nitrogens with zero attached hydrogens (tertiary/aromatic N) is 3. The van der Waals surface area contributed by atoms with E-state index in [1.54, 1.807) is 17.0 Å². The van der Waals surface area contributed by atoms with E-state index in [0.29, 0.717) is 37.2 Å². The van der Waals surface area contributed by atoms with Crippen molar-refractivity contribution in [3.05, 3.63) is 101 Å². The molecule has 1 aliphatic heterocycles. The fourth-order valence-electron chi connectivity index (χ4n) is 6.96. The summed E-state index contributed by atoms with van der Waals surface area (Å²) in [5.41, 5.74) is 3.22. The first-order valence-electron chi connectivity index (χ1n) is 16.9. The Morgan fingerprint density at radius 1 is 1.04 bits per heavy atom. The first-order chi connectivity index (χ1) is 23.4. The number of hydrogen-bond donors (Lipinski definition) is 4. The Labute approximate surface area is 286 Å². The number of benzene rings is 2. The number of pyridine rings is 1. The number of aliphatic hydroxyl groups excluding tert-OH is 2. The maximum absolute atomic E-state index is 13.9. The van der Waals surface area contributed by atoms with Crippen LogP contribution in [-0.4, -0.2) is 92.7 Å². The maximum Gasteiger partial charge on any atom is 0.255 e. The lowest BCUT2D eigenvalue weighted by Crippen LogP contribution is -2.62. The second-order valence-corrected chi connectivity index (χ2v) is 14.3. The minimum absolute atomic E-state index is 0.129. The SMILES string of the molecule is CC(C)(C)NC(=O)[C@@H]1CN(C(=O)c2cnc3occc3c2)CCN1C[C@@H](O)C[C@@H](Cc1ccccc1)C(=O)N[C@H]1c2ccccc2C[C@H]1O. The summed E-state index contributed by atoms with van der Waals surface area (Å²) in [5, 5.41) is 29.2. The van der Waals surface area contributed by atoms with E-state index in [2.05, 4.69) is 15.6 Å². The van der Waals surface area contributed by atoms with Gasteiger partial charge in [-0.3, -0.25) is 19.3 Å². The van der Waals surface area contributed by atoms with Gasteiger partial charge in [0.2, 0.25) is 17.5 Å². The number of β-amino-alcohol motifs (C(OH)–C–C–N with tert-alkyl or cyclic N) is 1. The molecule has 4 N–H and O–H groups in total. The van der Waals surface area contributed by atoms with E-state index in [9.17, 15) is 24.6 Å². The standard InChI is InChI=1S/C38H45N5O6/c1-38(2,3)41-35(47)31-23-43(37(48)28-18-26-13-16-49-36(26)39-21-28)15-14-42(31)22-29(44)19-27(17-24-9-5-4-6-10-24)34(46)40-33-30-12-8-7-11-25(30)20-32(33)45/h4-13,16,18,21,27,29,31-33,44-45H,14-15,17,19-20,22-23H2,1-3H3,(H,40,46)(H,41,47)/t27-,29+,31+,32-,33+/m1/s1. The molecule has 0 spiro atoms. The summed E-state index contributed by atoms with van der Waals surface area (Å²) in [6.07, 6.45) is 2.34. The van der Waals surface area contributed by atoms with Crippen molar-refractivity contribution >= 4 is 28.8 Å². The number of rotatable bonds is 10. The van der Waals surface area contributed by atoms with Crippen molar-refractivity contribution in [3.8, 4) is 0 Å². The van der Waals surface area contributed by atoms with E-state index in [0.717, 1.165) is 22.1 Å². The molecule has 3 amide bonds. The number of carbonyl (C=O) groups is 3. The summed E-state index contributed by atoms with van der Waals surface area (Å²) in [6.45, 7) is 6.66. The summed E-state index contributed by atoms with van der Waals surface area (Å²) < 4.78 is 5.32. The van der Waals surface area contributed by atoms with Crippen LogP contribution >= 0.6 is 0 Å². The molecule has 1 fully saturated rings. The number of furan rings is 1. The zero-order chi connectivity index (χ0) is 34.7. The van der Waals surface area contributed by atoms with Crippen molar-refractivity contribution < 1.29 is 29.0 Å². The van der Waals surface area contributed by atoms with Crippen molar-refractivity contribution in [1.29, 1.82) is 0 Å². The van der Waals surface area contributed by atoms with Crippen molar-refractivity contribution in [3.63, 3.8) is 0 Å². The van der Waals surface area contributed by atoms with E-state index in [4.69, 9.17) is 4.42 Å². The van der Waals surface area contributed by atoms with E-state index >= 15 is 0 Å². The van der Waals surface area contributed by atoms with E-state index in [-0.39, 0.29) is 37.2 Å². The van der Waals surface area contributed by atoms with Crippen LogP contribution in [0.15, 0.2) is 83.6 Å². The molecule has 2 aromatic carbocycles. The normalized spacial score (nSPS) is 20.8. The fourth-order valence-corrected chi connectivity index (χ4v) is 6.96. The molecule has 2 aromatic heterocycles. The molecular weight excluding hydrogens is 622 g/mol. The van der Waals surface area contributed by atoms with E-state index in [1.807, 2.05) is 80.3 Å². The van der Waals surface area contributed by atoms with Gasteiger partial charge in [-0.15, -0.1) is 0 Å². The van der Waals surface area contributed by atoms with Crippen LogP contribution in [0.4, 0.5) is 0 Å². The Balaban J connectivity index is 1.17. The summed E-state index contributed by atoms with van der Waals surface area (Å²) in [7, 11) is 0. The van der Waals surface area contributed by atoms with Crippen molar-refractivity contribution in [2.75, 3.05) is 26.2 Å². The Morgan fingerprint density at radius 3 is 2.57 bits per heavy atom. The van der Waals surface area contributed by atoms with Gasteiger partial charge in [0.15, 0.2) is 0 Å². The Bertz CT molecular complexity index is 1790. The van der Waals surface area contributed by atoms with Gasteiger partial charge in [0.1, 0.15) is 6.04 Å². The lowest BCUT2D eigenvalue weighted by Gasteiger charge is -2.42. The highest BCUT2D eigenvalue weighted by molar-refractivity contribution is 5.97. The Hall–Kier alpha value is -4.58. The number of carbonyl (C=O) groups excluding carboxylic acids is 3. The van der Waals surface area contributed by atoms with E-state index in [1.165, 1.54) is 12.5 Å². The van der Waals surface area contributed by atoms with Crippen LogP contribution in [0.25, 0.3) is 11.1 Å². The maximum atomic E-state index is 13.9. The zero-order valence-electron chi connectivity index (χ0n) is 28.2. The molecule has 6 rings (SSSR count). The molecular formula is C38H45N5O6. The van der Waals surface area contributed by atoms with Gasteiger partial charge in [-0.05, 0) is 62.4 Å². The van der Waals surface area contributed by atoms with Crippen LogP contribution in [0.3, 0.4) is 0 Å². The lowest BCUT2D eigenvalue weighted by molar-refractivity contribution is -0.131. The number of amides is 3. The molecule has 4 aromatic rings. The largest absolute Gasteiger partial charge is 0.446 e. The molecule has 3 heterocycles. The first kappa shape index (κ1) is 34.3. The summed E-state index contributed by atoms with van der Waals surface area (Å²) in [6, 6.07) is 19.6. The molecule has 49 heavy (non-hydrogen) atoms. The van der Waals surface area contributed by atoms with Gasteiger partial charge in [-0.25, -0.2) is 4.98 Å². The molecule has 5 atom stereocenters. The third-order valence-electron chi connectivity index (χ3n) is 9.33. The van der Waals surface area contributed by atoms with Gasteiger partial charge < -0.3 is 30.2 Å². The highest BCUT2D eigenvalue weighted by atomic mass is 16.3. The van der Waals surface area contributed by atoms with Crippen LogP contribution in [0.2, 0.25) is 0 Å². The predicted octanol–water partition coefficient (Wildman–Crippen LogP) is 3.25. The predicted molar refractivity (Wildman–Crippen MR) is 184 cm³/mol. The van der Waals surface area contributed by atoms with Gasteiger partial charge in [-0.2, -0.15) is 0 Å². The number of piperazine rings is 1. The Morgan fingerprint density at radius 2 is 1.80 bits per heavy atom. The van der Waals surface area contributed by atoms with Crippen LogP contribution in [-0.2, 0) is 22.4 Å². The molecule has 0 saturated carbocycles. The first-order valence-corrected chi connectivity index (χ1v) is 16.9. The molecule has 0 bridgehead atoms. The summed E-state index contributed by atoms with van der Waals surface area (Å²) in [5.74, 6) is -1.32. The monoisotopic (exact) mass is 667 g/mol. The molecule has 0 unspecified atom stereocenters. The third kappa shape index (κ3) is 8.18. The summed E-state index contributed by atoms with van der Waals surface area (Å²) >= 11 is 0. The van der Waals surface area contributed by atoms with Gasteiger partial charge in [0, 0.05) is 55.6 Å². The highest BCUT2D eigenvalue weighted by Crippen LogP contribution is 2.32. The zero-order valence-corrected chi connectivity index (χ0v) is 28.2. The molecule has 258 valence electrons. The van der Waals surface area contributed by atoms with Gasteiger partial charge in [0.25, 0.3) is 5.91 Å². The van der Waals surface area contributed by atoms with Crippen LogP contribution < -0.4 is 10.6 Å². The molecule has 11 heteroatoms. The average Bonchev–Trinajstić information content (AvgIpc) is 3.67. The molecule has 2 aliphatic rings. The quantitative estimate of drug-likeness (QED) is 0.202. The van der Waals surface area contributed by atoms with Gasteiger partial charge in [-0.1, -0.05) is 54.6 Å². The number of aliphatic hydroxyl groups is 2. The lowest BCUT2D eigenvalue weighted by atomic mass is 9.91.